The fourth-order valence-corrected chi connectivity index (χ4v) is 11.4. The monoisotopic (exact) mass is 765 g/mol. The predicted octanol–water partition coefficient (Wildman–Crippen LogP) is 7.52. The summed E-state index contributed by atoms with van der Waals surface area (Å²) in [5, 5.41) is 19.3. The fraction of sp³-hybridized carbons (Fsp3) is 0.317. The number of carbonyl (C=O) groups excluding carboxylic acids is 2. The summed E-state index contributed by atoms with van der Waals surface area (Å²) >= 11 is 6.59. The highest BCUT2D eigenvalue weighted by Crippen LogP contribution is 2.60. The lowest BCUT2D eigenvalue weighted by atomic mass is 9.82. The number of carbonyl (C=O) groups is 2. The largest absolute Gasteiger partial charge is 0.482 e. The lowest BCUT2D eigenvalue weighted by Gasteiger charge is -2.31. The molecule has 0 radical (unpaired) electrons. The van der Waals surface area contributed by atoms with E-state index in [2.05, 4.69) is 10.3 Å². The van der Waals surface area contributed by atoms with Crippen LogP contribution in [0.5, 0.6) is 5.75 Å². The Hall–Kier alpha value is -4.88. The molecule has 1 saturated heterocycles. The van der Waals surface area contributed by atoms with Crippen molar-refractivity contribution in [1.82, 2.24) is 15.0 Å². The number of aromatic nitrogens is 3. The van der Waals surface area contributed by atoms with E-state index < -0.39 is 31.6 Å². The molecule has 0 bridgehead atoms. The molecule has 54 heavy (non-hydrogen) atoms. The van der Waals surface area contributed by atoms with Gasteiger partial charge in [-0.05, 0) is 73.1 Å². The molecular weight excluding hydrogens is 725 g/mol. The summed E-state index contributed by atoms with van der Waals surface area (Å²) in [6.45, 7) is 5.73. The van der Waals surface area contributed by atoms with Gasteiger partial charge < -0.3 is 23.6 Å². The lowest BCUT2D eigenvalue weighted by molar-refractivity contribution is -0.146. The normalized spacial score (nSPS) is 22.7. The van der Waals surface area contributed by atoms with Gasteiger partial charge in [0, 0.05) is 40.5 Å². The highest BCUT2D eigenvalue weighted by atomic mass is 35.5. The van der Waals surface area contributed by atoms with Gasteiger partial charge in [-0.15, -0.1) is 5.10 Å². The topological polar surface area (TPSA) is 110 Å². The van der Waals surface area contributed by atoms with Gasteiger partial charge in [0.25, 0.3) is 11.8 Å². The highest BCUT2D eigenvalue weighted by Gasteiger charge is 2.66. The maximum absolute atomic E-state index is 16.4. The molecule has 1 unspecified atom stereocenters. The van der Waals surface area contributed by atoms with E-state index in [9.17, 15) is 14.7 Å². The van der Waals surface area contributed by atoms with Crippen LogP contribution in [-0.2, 0) is 33.0 Å². The fourth-order valence-electron chi connectivity index (χ4n) is 8.66. The first-order valence-corrected chi connectivity index (χ1v) is 21.5. The molecule has 0 aliphatic carbocycles. The van der Waals surface area contributed by atoms with Crippen LogP contribution in [-0.4, -0.2) is 59.6 Å². The summed E-state index contributed by atoms with van der Waals surface area (Å²) in [4.78, 5) is 31.2. The Morgan fingerprint density at radius 3 is 2.48 bits per heavy atom. The van der Waals surface area contributed by atoms with Crippen LogP contribution in [0.3, 0.4) is 0 Å². The molecule has 8 rings (SSSR count). The predicted molar refractivity (Wildman–Crippen MR) is 206 cm³/mol. The Bertz CT molecular complexity index is 2200. The minimum Gasteiger partial charge on any atom is -0.482 e. The van der Waals surface area contributed by atoms with Gasteiger partial charge in [-0.25, -0.2) is 0 Å². The van der Waals surface area contributed by atoms with Gasteiger partial charge in [0.1, 0.15) is 5.75 Å². The number of ether oxygens (including phenoxy) is 2. The second-order valence-corrected chi connectivity index (χ2v) is 19.0. The molecule has 13 heteroatoms. The highest BCUT2D eigenvalue weighted by molar-refractivity contribution is 6.72. The van der Waals surface area contributed by atoms with Gasteiger partial charge in [0.05, 0.1) is 42.2 Å². The summed E-state index contributed by atoms with van der Waals surface area (Å²) in [7, 11) is -3.41. The number of benzene rings is 4. The molecular formula is C41H41ClFN5O5Si. The summed E-state index contributed by atoms with van der Waals surface area (Å²) in [6.07, 6.45) is 1.64. The molecule has 10 nitrogen and oxygen atoms in total. The Morgan fingerprint density at radius 2 is 1.74 bits per heavy atom. The molecule has 1 spiro atoms. The van der Waals surface area contributed by atoms with E-state index in [1.807, 2.05) is 98.0 Å². The van der Waals surface area contributed by atoms with E-state index in [-0.39, 0.29) is 37.5 Å². The van der Waals surface area contributed by atoms with Crippen LogP contribution in [0.4, 0.5) is 21.2 Å². The van der Waals surface area contributed by atoms with Gasteiger partial charge >= 0.3 is 0 Å². The Morgan fingerprint density at radius 1 is 1.00 bits per heavy atom. The molecule has 5 aromatic rings. The van der Waals surface area contributed by atoms with Crippen LogP contribution in [0.15, 0.2) is 103 Å². The van der Waals surface area contributed by atoms with Crippen LogP contribution in [0.25, 0.3) is 0 Å². The zero-order valence-electron chi connectivity index (χ0n) is 30.2. The van der Waals surface area contributed by atoms with Crippen LogP contribution < -0.4 is 14.5 Å². The van der Waals surface area contributed by atoms with Crippen molar-refractivity contribution in [3.8, 4) is 5.75 Å². The van der Waals surface area contributed by atoms with E-state index in [0.29, 0.717) is 52.1 Å². The molecule has 0 saturated carbocycles. The van der Waals surface area contributed by atoms with Crippen LogP contribution >= 0.6 is 11.6 Å². The summed E-state index contributed by atoms with van der Waals surface area (Å²) in [5.74, 6) is -0.604. The Labute approximate surface area is 319 Å². The molecule has 2 amide bonds. The van der Waals surface area contributed by atoms with Gasteiger partial charge in [-0.2, -0.15) is 0 Å². The SMILES string of the molecule is C[C@@H]1[C@@H]([Si](C)(C)F)[C@H](CCn2cc(C(CO)c3ccccc3)nn2)O[C@@]12C(=O)N(Cc1ccc(N3C(=O)COc4ccccc43)cc1)c1ccc(Cl)cc12. The zero-order valence-corrected chi connectivity index (χ0v) is 32.0. The number of rotatable bonds is 10. The van der Waals surface area contributed by atoms with Crippen molar-refractivity contribution in [2.24, 2.45) is 5.92 Å². The minimum absolute atomic E-state index is 0.0561. The maximum atomic E-state index is 16.4. The molecule has 1 fully saturated rings. The molecule has 4 aromatic carbocycles. The lowest BCUT2D eigenvalue weighted by Crippen LogP contribution is -2.45. The summed E-state index contributed by atoms with van der Waals surface area (Å²) < 4.78 is 30.7. The molecule has 5 atom stereocenters. The summed E-state index contributed by atoms with van der Waals surface area (Å²) in [6, 6.07) is 30.0. The van der Waals surface area contributed by atoms with E-state index in [4.69, 9.17) is 21.1 Å². The number of fused-ring (bicyclic) bond motifs is 3. The average Bonchev–Trinajstić information content (AvgIpc) is 3.82. The number of para-hydroxylation sites is 2. The number of aliphatic hydroxyl groups excluding tert-OH is 1. The molecule has 278 valence electrons. The van der Waals surface area contributed by atoms with Crippen molar-refractivity contribution in [2.75, 3.05) is 23.0 Å². The smallest absolute Gasteiger partial charge is 0.269 e. The van der Waals surface area contributed by atoms with Crippen LogP contribution in [0.1, 0.15) is 41.6 Å². The van der Waals surface area contributed by atoms with Crippen molar-refractivity contribution in [1.29, 1.82) is 0 Å². The molecule has 3 aliphatic rings. The number of anilines is 3. The van der Waals surface area contributed by atoms with Crippen molar-refractivity contribution in [2.45, 2.75) is 62.7 Å². The molecule has 1 N–H and O–H groups in total. The van der Waals surface area contributed by atoms with E-state index in [0.717, 1.165) is 11.1 Å². The maximum Gasteiger partial charge on any atom is 0.269 e. The first kappa shape index (κ1) is 36.1. The second-order valence-electron chi connectivity index (χ2n) is 14.8. The number of aliphatic hydroxyl groups is 1. The third-order valence-electron chi connectivity index (χ3n) is 11.1. The number of halogens is 2. The third-order valence-corrected chi connectivity index (χ3v) is 13.8. The van der Waals surface area contributed by atoms with Crippen LogP contribution in [0.2, 0.25) is 23.7 Å². The number of hydrogen-bond donors (Lipinski definition) is 1. The standard InChI is InChI=1S/C41H41ClFN5O5Si/c1-26-39(54(2,3)43)37(19-20-46-23-33(44-45-46)31(24-49)28-9-5-4-6-10-28)53-41(26)32-21-29(42)15-18-34(32)47(40(41)51)22-27-13-16-30(17-14-27)48-35-11-7-8-12-36(35)52-25-38(48)50/h4-18,21,23,26,31,37,39,49H,19-20,22,24-25H2,1-3H3/t26-,31?,37+,39-,41+/m1/s1. The molecule has 4 heterocycles. The minimum atomic E-state index is -3.41. The second kappa shape index (κ2) is 14.1. The number of hydrogen-bond acceptors (Lipinski definition) is 7. The quantitative estimate of drug-likeness (QED) is 0.116. The average molecular weight is 766 g/mol. The molecule has 3 aliphatic heterocycles. The van der Waals surface area contributed by atoms with E-state index in [1.165, 1.54) is 0 Å². The number of aryl methyl sites for hydroxylation is 1. The van der Waals surface area contributed by atoms with Gasteiger partial charge in [-0.1, -0.05) is 78.3 Å². The van der Waals surface area contributed by atoms with Gasteiger partial charge in [0.15, 0.2) is 12.2 Å². The third kappa shape index (κ3) is 6.20. The number of nitrogens with zero attached hydrogens (tertiary/aromatic N) is 5. The van der Waals surface area contributed by atoms with Gasteiger partial charge in [0.2, 0.25) is 8.41 Å². The van der Waals surface area contributed by atoms with E-state index >= 15 is 4.11 Å². The first-order chi connectivity index (χ1) is 26.0. The van der Waals surface area contributed by atoms with Crippen molar-refractivity contribution in [3.05, 3.63) is 131 Å². The van der Waals surface area contributed by atoms with Crippen molar-refractivity contribution in [3.63, 3.8) is 0 Å². The Kier molecular flexibility index (Phi) is 9.41. The zero-order chi connectivity index (χ0) is 37.8. The van der Waals surface area contributed by atoms with Crippen molar-refractivity contribution >= 4 is 48.9 Å². The van der Waals surface area contributed by atoms with Gasteiger partial charge in [-0.3, -0.25) is 19.2 Å². The first-order valence-electron chi connectivity index (χ1n) is 18.2. The number of amides is 2. The Balaban J connectivity index is 1.06. The van der Waals surface area contributed by atoms with E-state index in [1.54, 1.807) is 39.7 Å². The summed E-state index contributed by atoms with van der Waals surface area (Å²) in [5.41, 5.74) is 3.16. The van der Waals surface area contributed by atoms with Crippen LogP contribution in [0, 0.1) is 5.92 Å². The van der Waals surface area contributed by atoms with Crippen molar-refractivity contribution < 1.29 is 28.3 Å². The molecule has 1 aromatic heterocycles.